The highest BCUT2D eigenvalue weighted by atomic mass is 15.1. The molecule has 0 aliphatic heterocycles. The Morgan fingerprint density at radius 2 is 2.00 bits per heavy atom. The summed E-state index contributed by atoms with van der Waals surface area (Å²) in [5.74, 6) is 2.11. The molecule has 3 nitrogen and oxygen atoms in total. The average Bonchev–Trinajstić information content (AvgIpc) is 2.80. The van der Waals surface area contributed by atoms with E-state index in [2.05, 4.69) is 37.2 Å². The lowest BCUT2D eigenvalue weighted by Gasteiger charge is -2.34. The van der Waals surface area contributed by atoms with E-state index in [9.17, 15) is 0 Å². The van der Waals surface area contributed by atoms with Gasteiger partial charge in [-0.3, -0.25) is 0 Å². The van der Waals surface area contributed by atoms with Crippen LogP contribution in [0.2, 0.25) is 0 Å². The van der Waals surface area contributed by atoms with Gasteiger partial charge < -0.3 is 10.3 Å². The number of hydrogen-bond acceptors (Lipinski definition) is 2. The number of imidazole rings is 1. The molecule has 1 aliphatic carbocycles. The second-order valence-corrected chi connectivity index (χ2v) is 6.42. The minimum atomic E-state index is 0.0992. The number of hydrogen-bond donors (Lipinski definition) is 1. The summed E-state index contributed by atoms with van der Waals surface area (Å²) < 4.78 is 2.34. The van der Waals surface area contributed by atoms with E-state index in [-0.39, 0.29) is 6.04 Å². The van der Waals surface area contributed by atoms with Gasteiger partial charge >= 0.3 is 0 Å². The second kappa shape index (κ2) is 5.43. The molecule has 1 fully saturated rings. The zero-order valence-electron chi connectivity index (χ0n) is 12.1. The molecular weight excluding hydrogens is 222 g/mol. The van der Waals surface area contributed by atoms with Crippen LogP contribution in [0.5, 0.6) is 0 Å². The molecule has 102 valence electrons. The van der Waals surface area contributed by atoms with Crippen molar-refractivity contribution in [2.75, 3.05) is 0 Å². The van der Waals surface area contributed by atoms with Crippen LogP contribution in [-0.4, -0.2) is 9.55 Å². The maximum atomic E-state index is 6.29. The third-order valence-corrected chi connectivity index (χ3v) is 4.72. The van der Waals surface area contributed by atoms with Gasteiger partial charge in [-0.1, -0.05) is 27.7 Å². The normalized spacial score (nSPS) is 30.7. The number of nitrogens with two attached hydrogens (primary N) is 1. The average molecular weight is 249 g/mol. The van der Waals surface area contributed by atoms with E-state index in [1.165, 1.54) is 25.0 Å². The molecule has 2 N–H and O–H groups in total. The van der Waals surface area contributed by atoms with Crippen molar-refractivity contribution in [3.05, 3.63) is 18.2 Å². The van der Waals surface area contributed by atoms with Crippen molar-refractivity contribution in [3.8, 4) is 0 Å². The van der Waals surface area contributed by atoms with Gasteiger partial charge in [0.05, 0.1) is 12.0 Å². The first-order valence-electron chi connectivity index (χ1n) is 7.28. The van der Waals surface area contributed by atoms with Crippen molar-refractivity contribution in [1.82, 2.24) is 9.55 Å². The van der Waals surface area contributed by atoms with Crippen LogP contribution in [-0.2, 0) is 0 Å². The van der Waals surface area contributed by atoms with Crippen LogP contribution in [0.15, 0.2) is 12.5 Å². The Morgan fingerprint density at radius 3 is 2.61 bits per heavy atom. The van der Waals surface area contributed by atoms with Gasteiger partial charge in [-0.05, 0) is 37.0 Å². The van der Waals surface area contributed by atoms with E-state index < -0.39 is 0 Å². The van der Waals surface area contributed by atoms with Crippen LogP contribution in [0.3, 0.4) is 0 Å². The van der Waals surface area contributed by atoms with Crippen molar-refractivity contribution in [3.63, 3.8) is 0 Å². The summed E-state index contributed by atoms with van der Waals surface area (Å²) >= 11 is 0. The van der Waals surface area contributed by atoms with Crippen LogP contribution in [0, 0.1) is 17.8 Å². The molecule has 4 atom stereocenters. The monoisotopic (exact) mass is 249 g/mol. The Labute approximate surface area is 111 Å². The Bertz CT molecular complexity index is 383. The molecule has 1 saturated carbocycles. The predicted octanol–water partition coefficient (Wildman–Crippen LogP) is 3.54. The fourth-order valence-electron chi connectivity index (χ4n) is 2.99. The van der Waals surface area contributed by atoms with E-state index in [1.807, 2.05) is 12.5 Å². The predicted molar refractivity (Wildman–Crippen MR) is 75.2 cm³/mol. The first-order chi connectivity index (χ1) is 8.50. The summed E-state index contributed by atoms with van der Waals surface area (Å²) in [6.45, 7) is 9.09. The largest absolute Gasteiger partial charge is 0.330 e. The highest BCUT2D eigenvalue weighted by Crippen LogP contribution is 2.37. The Balaban J connectivity index is 2.17. The molecule has 3 heteroatoms. The van der Waals surface area contributed by atoms with Crippen molar-refractivity contribution in [2.45, 2.75) is 59.0 Å². The smallest absolute Gasteiger partial charge is 0.0951 e. The minimum absolute atomic E-state index is 0.0992. The van der Waals surface area contributed by atoms with Crippen LogP contribution < -0.4 is 5.73 Å². The van der Waals surface area contributed by atoms with Crippen molar-refractivity contribution >= 4 is 0 Å². The van der Waals surface area contributed by atoms with Crippen molar-refractivity contribution in [1.29, 1.82) is 0 Å². The lowest BCUT2D eigenvalue weighted by atomic mass is 9.79. The molecule has 0 saturated heterocycles. The molecule has 0 amide bonds. The van der Waals surface area contributed by atoms with E-state index in [4.69, 9.17) is 5.73 Å². The van der Waals surface area contributed by atoms with Crippen LogP contribution >= 0.6 is 0 Å². The summed E-state index contributed by atoms with van der Waals surface area (Å²) in [5, 5.41) is 0. The van der Waals surface area contributed by atoms with Gasteiger partial charge in [0.15, 0.2) is 0 Å². The Morgan fingerprint density at radius 1 is 1.28 bits per heavy atom. The zero-order chi connectivity index (χ0) is 13.3. The third-order valence-electron chi connectivity index (χ3n) is 4.72. The molecule has 18 heavy (non-hydrogen) atoms. The maximum absolute atomic E-state index is 6.29. The summed E-state index contributed by atoms with van der Waals surface area (Å²) in [6, 6.07) is 0.695. The molecule has 2 rings (SSSR count). The van der Waals surface area contributed by atoms with Gasteiger partial charge in [-0.25, -0.2) is 4.98 Å². The molecule has 1 aromatic rings. The fraction of sp³-hybridized carbons (Fsp3) is 0.800. The Kier molecular flexibility index (Phi) is 4.10. The van der Waals surface area contributed by atoms with Crippen molar-refractivity contribution < 1.29 is 0 Å². The lowest BCUT2D eigenvalue weighted by Crippen LogP contribution is -2.27. The highest BCUT2D eigenvalue weighted by Gasteiger charge is 2.27. The van der Waals surface area contributed by atoms with E-state index in [0.717, 1.165) is 11.8 Å². The van der Waals surface area contributed by atoms with Gasteiger partial charge in [0.25, 0.3) is 0 Å². The zero-order valence-corrected chi connectivity index (χ0v) is 12.1. The fourth-order valence-corrected chi connectivity index (χ4v) is 2.99. The summed E-state index contributed by atoms with van der Waals surface area (Å²) in [4.78, 5) is 4.33. The first-order valence-corrected chi connectivity index (χ1v) is 7.28. The SMILES string of the molecule is CC(C)C(N)c1cncn1C1CCC(C)C(C)C1. The summed E-state index contributed by atoms with van der Waals surface area (Å²) in [5.41, 5.74) is 7.50. The summed E-state index contributed by atoms with van der Waals surface area (Å²) in [7, 11) is 0. The van der Waals surface area contributed by atoms with E-state index in [0.29, 0.717) is 12.0 Å². The lowest BCUT2D eigenvalue weighted by molar-refractivity contribution is 0.206. The number of rotatable bonds is 3. The maximum Gasteiger partial charge on any atom is 0.0951 e. The van der Waals surface area contributed by atoms with Crippen LogP contribution in [0.4, 0.5) is 0 Å². The molecule has 0 aromatic carbocycles. The molecule has 1 aliphatic rings. The molecular formula is C15H27N3. The molecule has 0 spiro atoms. The van der Waals surface area contributed by atoms with E-state index >= 15 is 0 Å². The molecule has 1 aromatic heterocycles. The van der Waals surface area contributed by atoms with E-state index in [1.54, 1.807) is 0 Å². The third kappa shape index (κ3) is 2.61. The van der Waals surface area contributed by atoms with Crippen molar-refractivity contribution in [2.24, 2.45) is 23.5 Å². The topological polar surface area (TPSA) is 43.8 Å². The van der Waals surface area contributed by atoms with Gasteiger partial charge in [0.2, 0.25) is 0 Å². The van der Waals surface area contributed by atoms with Gasteiger partial charge in [0, 0.05) is 18.3 Å². The van der Waals surface area contributed by atoms with Gasteiger partial charge in [-0.15, -0.1) is 0 Å². The quantitative estimate of drug-likeness (QED) is 0.890. The van der Waals surface area contributed by atoms with Crippen LogP contribution in [0.1, 0.15) is 64.7 Å². The highest BCUT2D eigenvalue weighted by molar-refractivity contribution is 5.07. The molecule has 4 unspecified atom stereocenters. The molecule has 0 radical (unpaired) electrons. The Hall–Kier alpha value is -0.830. The molecule has 0 bridgehead atoms. The number of aromatic nitrogens is 2. The summed E-state index contributed by atoms with van der Waals surface area (Å²) in [6.07, 6.45) is 7.77. The standard InChI is InChI=1S/C15H27N3/c1-10(2)15(16)14-8-17-9-18(14)13-6-5-11(3)12(4)7-13/h8-13,15H,5-7,16H2,1-4H3. The minimum Gasteiger partial charge on any atom is -0.330 e. The molecule has 1 heterocycles. The first kappa shape index (κ1) is 13.6. The number of nitrogens with zero attached hydrogens (tertiary/aromatic N) is 2. The second-order valence-electron chi connectivity index (χ2n) is 6.42. The van der Waals surface area contributed by atoms with Gasteiger partial charge in [-0.2, -0.15) is 0 Å². The van der Waals surface area contributed by atoms with Gasteiger partial charge in [0.1, 0.15) is 0 Å². The van der Waals surface area contributed by atoms with Crippen LogP contribution in [0.25, 0.3) is 0 Å².